The number of halogens is 2. The Balaban J connectivity index is 1.57. The number of carbonyl (C=O) groups excluding carboxylic acids is 1. The third-order valence-electron chi connectivity index (χ3n) is 4.67. The van der Waals surface area contributed by atoms with E-state index in [1.165, 1.54) is 17.8 Å². The molecule has 2 heterocycles. The van der Waals surface area contributed by atoms with Crippen molar-refractivity contribution < 1.29 is 13.6 Å². The number of para-hydroxylation sites is 2. The predicted octanol–water partition coefficient (Wildman–Crippen LogP) is 4.69. The van der Waals surface area contributed by atoms with Crippen LogP contribution < -0.4 is 10.2 Å². The van der Waals surface area contributed by atoms with E-state index in [2.05, 4.69) is 28.2 Å². The van der Waals surface area contributed by atoms with Gasteiger partial charge in [-0.15, -0.1) is 0 Å². The minimum absolute atomic E-state index is 0.224. The maximum atomic E-state index is 13.7. The molecule has 0 radical (unpaired) electrons. The van der Waals surface area contributed by atoms with Crippen LogP contribution in [0.2, 0.25) is 0 Å². The molecule has 6 heteroatoms. The van der Waals surface area contributed by atoms with Crippen LogP contribution in [-0.4, -0.2) is 16.9 Å². The predicted molar refractivity (Wildman–Crippen MR) is 100 cm³/mol. The molecule has 136 valence electrons. The third kappa shape index (κ3) is 3.14. The largest absolute Gasteiger partial charge is 0.323 e. The average Bonchev–Trinajstić information content (AvgIpc) is 3.00. The highest BCUT2D eigenvalue weighted by Crippen LogP contribution is 2.37. The number of aromatic nitrogens is 1. The number of nitrogens with one attached hydrogen (secondary N) is 1. The standard InChI is InChI=1S/C21H17F2N3O/c1-13-11-14-5-2-3-8-18(14)26(13)19-10-9-15(12-24-19)21(27)25-20-16(22)6-4-7-17(20)23/h2-10,12-13H,11H2,1H3,(H,25,27). The molecule has 0 saturated carbocycles. The molecule has 0 saturated heterocycles. The highest BCUT2D eigenvalue weighted by atomic mass is 19.1. The fourth-order valence-corrected chi connectivity index (χ4v) is 3.38. The van der Waals surface area contributed by atoms with Gasteiger partial charge < -0.3 is 10.2 Å². The summed E-state index contributed by atoms with van der Waals surface area (Å²) in [6, 6.07) is 15.1. The number of fused-ring (bicyclic) bond motifs is 1. The molecule has 1 amide bonds. The second-order valence-electron chi connectivity index (χ2n) is 6.51. The Kier molecular flexibility index (Phi) is 4.32. The summed E-state index contributed by atoms with van der Waals surface area (Å²) in [5.74, 6) is -1.54. The van der Waals surface area contributed by atoms with Crippen molar-refractivity contribution >= 4 is 23.1 Å². The zero-order valence-electron chi connectivity index (χ0n) is 14.6. The Morgan fingerprint density at radius 3 is 2.52 bits per heavy atom. The molecule has 1 aliphatic heterocycles. The first-order chi connectivity index (χ1) is 13.0. The number of pyridine rings is 1. The number of nitrogens with zero attached hydrogens (tertiary/aromatic N) is 2. The highest BCUT2D eigenvalue weighted by molar-refractivity contribution is 6.04. The fraction of sp³-hybridized carbons (Fsp3) is 0.143. The van der Waals surface area contributed by atoms with Gasteiger partial charge in [0.1, 0.15) is 23.1 Å². The van der Waals surface area contributed by atoms with Crippen molar-refractivity contribution in [3.8, 4) is 0 Å². The lowest BCUT2D eigenvalue weighted by Gasteiger charge is -2.23. The van der Waals surface area contributed by atoms with E-state index >= 15 is 0 Å². The van der Waals surface area contributed by atoms with E-state index in [0.717, 1.165) is 30.1 Å². The molecule has 1 aliphatic rings. The molecular formula is C21H17F2N3O. The second kappa shape index (κ2) is 6.79. The zero-order chi connectivity index (χ0) is 19.0. The number of anilines is 3. The summed E-state index contributed by atoms with van der Waals surface area (Å²) >= 11 is 0. The van der Waals surface area contributed by atoms with Crippen molar-refractivity contribution in [2.45, 2.75) is 19.4 Å². The Hall–Kier alpha value is -3.28. The monoisotopic (exact) mass is 365 g/mol. The van der Waals surface area contributed by atoms with E-state index in [1.807, 2.05) is 18.2 Å². The summed E-state index contributed by atoms with van der Waals surface area (Å²) in [5, 5.41) is 2.27. The van der Waals surface area contributed by atoms with E-state index in [4.69, 9.17) is 0 Å². The van der Waals surface area contributed by atoms with Crippen LogP contribution >= 0.6 is 0 Å². The Bertz CT molecular complexity index is 984. The van der Waals surface area contributed by atoms with Gasteiger partial charge in [-0.1, -0.05) is 24.3 Å². The van der Waals surface area contributed by atoms with Crippen molar-refractivity contribution in [3.05, 3.63) is 83.6 Å². The zero-order valence-corrected chi connectivity index (χ0v) is 14.6. The van der Waals surface area contributed by atoms with Gasteiger partial charge in [0.2, 0.25) is 0 Å². The number of benzene rings is 2. The van der Waals surface area contributed by atoms with Gasteiger partial charge in [0.05, 0.1) is 5.56 Å². The second-order valence-corrected chi connectivity index (χ2v) is 6.51. The first-order valence-corrected chi connectivity index (χ1v) is 8.63. The quantitative estimate of drug-likeness (QED) is 0.732. The van der Waals surface area contributed by atoms with Crippen LogP contribution in [0.4, 0.5) is 26.0 Å². The molecule has 3 aromatic rings. The van der Waals surface area contributed by atoms with E-state index in [-0.39, 0.29) is 11.6 Å². The fourth-order valence-electron chi connectivity index (χ4n) is 3.38. The van der Waals surface area contributed by atoms with Crippen LogP contribution in [-0.2, 0) is 6.42 Å². The van der Waals surface area contributed by atoms with E-state index < -0.39 is 23.2 Å². The van der Waals surface area contributed by atoms with Crippen molar-refractivity contribution in [3.63, 3.8) is 0 Å². The Morgan fingerprint density at radius 1 is 1.07 bits per heavy atom. The number of rotatable bonds is 3. The van der Waals surface area contributed by atoms with E-state index in [9.17, 15) is 13.6 Å². The van der Waals surface area contributed by atoms with Gasteiger partial charge in [-0.05, 0) is 49.2 Å². The molecule has 1 N–H and O–H groups in total. The Morgan fingerprint density at radius 2 is 1.81 bits per heavy atom. The van der Waals surface area contributed by atoms with Gasteiger partial charge in [0.25, 0.3) is 5.91 Å². The first-order valence-electron chi connectivity index (χ1n) is 8.63. The van der Waals surface area contributed by atoms with Gasteiger partial charge >= 0.3 is 0 Å². The number of hydrogen-bond donors (Lipinski definition) is 1. The molecule has 4 rings (SSSR count). The molecule has 1 unspecified atom stereocenters. The van der Waals surface area contributed by atoms with Crippen LogP contribution in [0, 0.1) is 11.6 Å². The van der Waals surface area contributed by atoms with Gasteiger partial charge in [0.15, 0.2) is 0 Å². The molecule has 4 nitrogen and oxygen atoms in total. The van der Waals surface area contributed by atoms with Crippen molar-refractivity contribution in [1.82, 2.24) is 4.98 Å². The summed E-state index contributed by atoms with van der Waals surface area (Å²) < 4.78 is 27.4. The number of carbonyl (C=O) groups is 1. The van der Waals surface area contributed by atoms with Crippen LogP contribution in [0.25, 0.3) is 0 Å². The SMILES string of the molecule is CC1Cc2ccccc2N1c1ccc(C(=O)Nc2c(F)cccc2F)cn1. The first kappa shape index (κ1) is 17.1. The van der Waals surface area contributed by atoms with Crippen LogP contribution in [0.3, 0.4) is 0 Å². The molecule has 1 atom stereocenters. The summed E-state index contributed by atoms with van der Waals surface area (Å²) in [6.45, 7) is 2.11. The molecule has 0 bridgehead atoms. The lowest BCUT2D eigenvalue weighted by Crippen LogP contribution is -2.25. The van der Waals surface area contributed by atoms with Gasteiger partial charge in [0, 0.05) is 17.9 Å². The molecule has 0 spiro atoms. The normalized spacial score (nSPS) is 15.5. The minimum Gasteiger partial charge on any atom is -0.323 e. The van der Waals surface area contributed by atoms with Crippen molar-refractivity contribution in [1.29, 1.82) is 0 Å². The Labute approximate surface area is 155 Å². The maximum absolute atomic E-state index is 13.7. The van der Waals surface area contributed by atoms with Gasteiger partial charge in [-0.3, -0.25) is 4.79 Å². The minimum atomic E-state index is -0.824. The number of amides is 1. The molecule has 1 aromatic heterocycles. The summed E-state index contributed by atoms with van der Waals surface area (Å²) in [7, 11) is 0. The lowest BCUT2D eigenvalue weighted by molar-refractivity contribution is 0.102. The van der Waals surface area contributed by atoms with Crippen molar-refractivity contribution in [2.24, 2.45) is 0 Å². The average molecular weight is 365 g/mol. The highest BCUT2D eigenvalue weighted by Gasteiger charge is 2.27. The maximum Gasteiger partial charge on any atom is 0.257 e. The molecule has 0 aliphatic carbocycles. The van der Waals surface area contributed by atoms with Crippen LogP contribution in [0.15, 0.2) is 60.8 Å². The molecule has 0 fully saturated rings. The topological polar surface area (TPSA) is 45.2 Å². The summed E-state index contributed by atoms with van der Waals surface area (Å²) in [4.78, 5) is 18.8. The van der Waals surface area contributed by atoms with E-state index in [0.29, 0.717) is 0 Å². The molecule has 27 heavy (non-hydrogen) atoms. The lowest BCUT2D eigenvalue weighted by atomic mass is 10.1. The molecular weight excluding hydrogens is 348 g/mol. The third-order valence-corrected chi connectivity index (χ3v) is 4.67. The van der Waals surface area contributed by atoms with E-state index in [1.54, 1.807) is 12.1 Å². The van der Waals surface area contributed by atoms with Gasteiger partial charge in [-0.25, -0.2) is 13.8 Å². The smallest absolute Gasteiger partial charge is 0.257 e. The van der Waals surface area contributed by atoms with Crippen LogP contribution in [0.5, 0.6) is 0 Å². The molecule has 2 aromatic carbocycles. The number of hydrogen-bond acceptors (Lipinski definition) is 3. The van der Waals surface area contributed by atoms with Crippen LogP contribution in [0.1, 0.15) is 22.8 Å². The van der Waals surface area contributed by atoms with Crippen molar-refractivity contribution in [2.75, 3.05) is 10.2 Å². The summed E-state index contributed by atoms with van der Waals surface area (Å²) in [6.07, 6.45) is 2.34. The summed E-state index contributed by atoms with van der Waals surface area (Å²) in [5.41, 5.74) is 2.11. The van der Waals surface area contributed by atoms with Gasteiger partial charge in [-0.2, -0.15) is 0 Å².